The summed E-state index contributed by atoms with van der Waals surface area (Å²) in [6.45, 7) is 5.96. The smallest absolute Gasteiger partial charge is 0.123 e. The van der Waals surface area contributed by atoms with Crippen molar-refractivity contribution in [1.82, 2.24) is 0 Å². The fourth-order valence-corrected chi connectivity index (χ4v) is 2.47. The summed E-state index contributed by atoms with van der Waals surface area (Å²) in [5.41, 5.74) is -0.427. The van der Waals surface area contributed by atoms with Crippen LogP contribution in [0.15, 0.2) is 0 Å². The van der Waals surface area contributed by atoms with Crippen LogP contribution >= 0.6 is 0 Å². The van der Waals surface area contributed by atoms with Crippen molar-refractivity contribution >= 4 is 0 Å². The lowest BCUT2D eigenvalue weighted by Gasteiger charge is -2.33. The molecule has 0 radical (unpaired) electrons. The van der Waals surface area contributed by atoms with Crippen LogP contribution < -0.4 is 0 Å². The van der Waals surface area contributed by atoms with Crippen LogP contribution in [0.2, 0.25) is 0 Å². The molecular formula is C9H16O3. The fourth-order valence-electron chi connectivity index (χ4n) is 2.47. The van der Waals surface area contributed by atoms with Crippen molar-refractivity contribution in [1.29, 1.82) is 0 Å². The molecule has 0 saturated carbocycles. The van der Waals surface area contributed by atoms with Gasteiger partial charge in [-0.25, -0.2) is 0 Å². The molecule has 0 aromatic heterocycles. The minimum Gasteiger partial charge on any atom is -0.387 e. The Bertz CT molecular complexity index is 194. The number of fused-ring (bicyclic) bond motifs is 2. The van der Waals surface area contributed by atoms with Crippen LogP contribution in [0.1, 0.15) is 27.2 Å². The van der Waals surface area contributed by atoms with Crippen LogP contribution in [0.5, 0.6) is 0 Å². The molecule has 70 valence electrons. The molecule has 2 saturated heterocycles. The van der Waals surface area contributed by atoms with Gasteiger partial charge in [0.1, 0.15) is 17.8 Å². The van der Waals surface area contributed by atoms with E-state index in [1.807, 2.05) is 20.8 Å². The third-order valence-electron chi connectivity index (χ3n) is 3.28. The monoisotopic (exact) mass is 172 g/mol. The third kappa shape index (κ3) is 0.767. The predicted octanol–water partition coefficient (Wildman–Crippen LogP) is 0.702. The van der Waals surface area contributed by atoms with Crippen molar-refractivity contribution in [3.05, 3.63) is 0 Å². The van der Waals surface area contributed by atoms with Gasteiger partial charge in [0.05, 0.1) is 12.2 Å². The Hall–Kier alpha value is -0.120. The quantitative estimate of drug-likeness (QED) is 0.633. The first kappa shape index (κ1) is 8.48. The highest BCUT2D eigenvalue weighted by Crippen LogP contribution is 2.45. The van der Waals surface area contributed by atoms with Crippen LogP contribution in [0.3, 0.4) is 0 Å². The van der Waals surface area contributed by atoms with Crippen LogP contribution in [0, 0.1) is 0 Å². The molecule has 0 aromatic rings. The van der Waals surface area contributed by atoms with Gasteiger partial charge in [-0.1, -0.05) is 6.92 Å². The van der Waals surface area contributed by atoms with Crippen molar-refractivity contribution < 1.29 is 14.6 Å². The van der Waals surface area contributed by atoms with E-state index in [4.69, 9.17) is 9.47 Å². The van der Waals surface area contributed by atoms with E-state index in [-0.39, 0.29) is 18.3 Å². The Morgan fingerprint density at radius 2 is 2.08 bits per heavy atom. The van der Waals surface area contributed by atoms with E-state index in [0.29, 0.717) is 0 Å². The molecular weight excluding hydrogens is 156 g/mol. The molecule has 0 spiro atoms. The lowest BCUT2D eigenvalue weighted by Crippen LogP contribution is -2.45. The van der Waals surface area contributed by atoms with Gasteiger partial charge >= 0.3 is 0 Å². The molecule has 0 aliphatic carbocycles. The molecule has 2 rings (SSSR count). The second-order valence-corrected chi connectivity index (χ2v) is 3.82. The van der Waals surface area contributed by atoms with Gasteiger partial charge in [0.2, 0.25) is 0 Å². The summed E-state index contributed by atoms with van der Waals surface area (Å²) < 4.78 is 11.4. The van der Waals surface area contributed by atoms with Gasteiger partial charge in [-0.3, -0.25) is 0 Å². The van der Waals surface area contributed by atoms with Crippen molar-refractivity contribution in [2.45, 2.75) is 57.2 Å². The molecule has 5 atom stereocenters. The minimum atomic E-state index is -0.438. The number of hydrogen-bond acceptors (Lipinski definition) is 3. The van der Waals surface area contributed by atoms with Crippen molar-refractivity contribution in [2.75, 3.05) is 0 Å². The lowest BCUT2D eigenvalue weighted by molar-refractivity contribution is -0.176. The fraction of sp³-hybridized carbons (Fsp3) is 1.00. The number of aliphatic hydroxyl groups excluding tert-OH is 1. The summed E-state index contributed by atoms with van der Waals surface area (Å²) in [6.07, 6.45) is 0.332. The molecule has 1 N–H and O–H groups in total. The summed E-state index contributed by atoms with van der Waals surface area (Å²) in [5, 5.41) is 9.87. The Morgan fingerprint density at radius 1 is 1.42 bits per heavy atom. The molecule has 3 heteroatoms. The number of rotatable bonds is 1. The molecule has 0 aromatic carbocycles. The maximum absolute atomic E-state index is 9.87. The zero-order valence-corrected chi connectivity index (χ0v) is 7.78. The maximum Gasteiger partial charge on any atom is 0.123 e. The van der Waals surface area contributed by atoms with Crippen molar-refractivity contribution in [2.24, 2.45) is 0 Å². The first-order chi connectivity index (χ1) is 5.62. The first-order valence-corrected chi connectivity index (χ1v) is 4.63. The zero-order chi connectivity index (χ0) is 8.93. The summed E-state index contributed by atoms with van der Waals surface area (Å²) in [4.78, 5) is 0. The van der Waals surface area contributed by atoms with E-state index in [1.165, 1.54) is 0 Å². The highest BCUT2D eigenvalue weighted by Gasteiger charge is 2.62. The maximum atomic E-state index is 9.87. The molecule has 2 aliphatic heterocycles. The van der Waals surface area contributed by atoms with Gasteiger partial charge in [0.15, 0.2) is 0 Å². The number of hydrogen-bond donors (Lipinski definition) is 1. The van der Waals surface area contributed by atoms with Gasteiger partial charge in [0.25, 0.3) is 0 Å². The van der Waals surface area contributed by atoms with Crippen molar-refractivity contribution in [3.8, 4) is 0 Å². The third-order valence-corrected chi connectivity index (χ3v) is 3.28. The van der Waals surface area contributed by atoms with E-state index in [0.717, 1.165) is 6.42 Å². The summed E-state index contributed by atoms with van der Waals surface area (Å²) >= 11 is 0. The number of ether oxygens (including phenoxy) is 2. The normalized spacial score (nSPS) is 58.0. The topological polar surface area (TPSA) is 38.7 Å². The Morgan fingerprint density at radius 3 is 2.42 bits per heavy atom. The van der Waals surface area contributed by atoms with Crippen molar-refractivity contribution in [3.63, 3.8) is 0 Å². The summed E-state index contributed by atoms with van der Waals surface area (Å²) in [7, 11) is 0. The van der Waals surface area contributed by atoms with E-state index < -0.39 is 11.7 Å². The van der Waals surface area contributed by atoms with E-state index in [1.54, 1.807) is 0 Å². The van der Waals surface area contributed by atoms with E-state index in [9.17, 15) is 5.11 Å². The zero-order valence-electron chi connectivity index (χ0n) is 7.78. The minimum absolute atomic E-state index is 0.0266. The van der Waals surface area contributed by atoms with E-state index in [2.05, 4.69) is 0 Å². The summed E-state index contributed by atoms with van der Waals surface area (Å²) in [6, 6.07) is 0. The number of aliphatic hydroxyl groups is 1. The SMILES string of the molecule is CC[C@@]12O[C@@H](C)[C@@H](OC1C)[C@H]2O. The molecule has 12 heavy (non-hydrogen) atoms. The first-order valence-electron chi connectivity index (χ1n) is 4.63. The molecule has 2 aliphatic rings. The molecule has 3 nitrogen and oxygen atoms in total. The van der Waals surface area contributed by atoms with Gasteiger partial charge in [-0.2, -0.15) is 0 Å². The second kappa shape index (κ2) is 2.44. The van der Waals surface area contributed by atoms with Gasteiger partial charge < -0.3 is 14.6 Å². The second-order valence-electron chi connectivity index (χ2n) is 3.82. The Labute approximate surface area is 72.7 Å². The van der Waals surface area contributed by atoms with Crippen LogP contribution in [-0.4, -0.2) is 35.1 Å². The Kier molecular flexibility index (Phi) is 1.72. The van der Waals surface area contributed by atoms with E-state index >= 15 is 0 Å². The molecule has 2 bridgehead atoms. The van der Waals surface area contributed by atoms with Gasteiger partial charge in [-0.15, -0.1) is 0 Å². The molecule has 1 unspecified atom stereocenters. The van der Waals surface area contributed by atoms with Crippen LogP contribution in [-0.2, 0) is 9.47 Å². The van der Waals surface area contributed by atoms with Gasteiger partial charge in [0, 0.05) is 0 Å². The average Bonchev–Trinajstić information content (AvgIpc) is 2.41. The standard InChI is InChI=1S/C9H16O3/c1-4-9-6(3)11-7(8(9)10)5(2)12-9/h5-8,10H,4H2,1-3H3/t5-,6?,7+,8+,9+/m0/s1. The molecule has 2 heterocycles. The molecule has 2 fully saturated rings. The average molecular weight is 172 g/mol. The summed E-state index contributed by atoms with van der Waals surface area (Å²) in [5.74, 6) is 0. The van der Waals surface area contributed by atoms with Gasteiger partial charge in [-0.05, 0) is 20.3 Å². The largest absolute Gasteiger partial charge is 0.387 e. The lowest BCUT2D eigenvalue weighted by atomic mass is 9.91. The van der Waals surface area contributed by atoms with Crippen LogP contribution in [0.4, 0.5) is 0 Å². The highest BCUT2D eigenvalue weighted by molar-refractivity contribution is 5.10. The predicted molar refractivity (Wildman–Crippen MR) is 43.9 cm³/mol. The molecule has 0 amide bonds. The Balaban J connectivity index is 2.30. The van der Waals surface area contributed by atoms with Crippen LogP contribution in [0.25, 0.3) is 0 Å². The highest BCUT2D eigenvalue weighted by atomic mass is 16.6.